The molecule has 180 valence electrons. The number of rotatable bonds is 8. The lowest BCUT2D eigenvalue weighted by atomic mass is 10.2. The predicted molar refractivity (Wildman–Crippen MR) is 136 cm³/mol. The van der Waals surface area contributed by atoms with Crippen LogP contribution in [0.3, 0.4) is 0 Å². The van der Waals surface area contributed by atoms with Crippen molar-refractivity contribution >= 4 is 67.6 Å². The molecule has 2 N–H and O–H groups in total. The standard InChI is InChI=1S/C21H16BrClFN7O2S2/c1-11-27-29-20(35-11)26-18(32)10-34-21-30-28-17(31(21)14-5-3-13(24)4-6-14)9-25-19(33)15-8-12(22)2-7-16(15)23/h2-8H,9-10H2,1H3,(H,25,33)(H,26,29,32). The summed E-state index contributed by atoms with van der Waals surface area (Å²) < 4.78 is 15.9. The van der Waals surface area contributed by atoms with Crippen LogP contribution in [0.4, 0.5) is 9.52 Å². The van der Waals surface area contributed by atoms with Crippen LogP contribution in [0.25, 0.3) is 5.69 Å². The van der Waals surface area contributed by atoms with Gasteiger partial charge in [0.1, 0.15) is 10.8 Å². The molecule has 0 unspecified atom stereocenters. The molecule has 2 heterocycles. The van der Waals surface area contributed by atoms with Gasteiger partial charge >= 0.3 is 0 Å². The number of carbonyl (C=O) groups is 2. The van der Waals surface area contributed by atoms with Crippen LogP contribution in [0.1, 0.15) is 21.2 Å². The molecule has 4 rings (SSSR count). The molecule has 0 spiro atoms. The highest BCUT2D eigenvalue weighted by Crippen LogP contribution is 2.24. The van der Waals surface area contributed by atoms with Crippen molar-refractivity contribution in [1.82, 2.24) is 30.3 Å². The van der Waals surface area contributed by atoms with Gasteiger partial charge in [-0.3, -0.25) is 19.5 Å². The molecule has 0 radical (unpaired) electrons. The SMILES string of the molecule is Cc1nnc(NC(=O)CSc2nnc(CNC(=O)c3cc(Br)ccc3Cl)n2-c2ccc(F)cc2)s1. The van der Waals surface area contributed by atoms with Crippen LogP contribution >= 0.6 is 50.6 Å². The van der Waals surface area contributed by atoms with Crippen molar-refractivity contribution in [3.05, 3.63) is 74.2 Å². The molecule has 0 aliphatic rings. The van der Waals surface area contributed by atoms with Crippen LogP contribution in [0.15, 0.2) is 52.1 Å². The highest BCUT2D eigenvalue weighted by Gasteiger charge is 2.18. The molecule has 0 bridgehead atoms. The third-order valence-electron chi connectivity index (χ3n) is 4.47. The van der Waals surface area contributed by atoms with Crippen LogP contribution in [-0.2, 0) is 11.3 Å². The van der Waals surface area contributed by atoms with E-state index in [1.807, 2.05) is 0 Å². The molecule has 0 aliphatic heterocycles. The minimum absolute atomic E-state index is 0.0167. The number of anilines is 1. The van der Waals surface area contributed by atoms with E-state index in [0.717, 1.165) is 16.8 Å². The second kappa shape index (κ2) is 11.2. The number of hydrogen-bond acceptors (Lipinski definition) is 8. The molecule has 2 amide bonds. The molecule has 0 fully saturated rings. The van der Waals surface area contributed by atoms with Crippen molar-refractivity contribution in [3.63, 3.8) is 0 Å². The monoisotopic (exact) mass is 595 g/mol. The number of nitrogens with zero attached hydrogens (tertiary/aromatic N) is 5. The summed E-state index contributed by atoms with van der Waals surface area (Å²) in [5, 5.41) is 23.4. The van der Waals surface area contributed by atoms with E-state index in [9.17, 15) is 14.0 Å². The number of nitrogens with one attached hydrogen (secondary N) is 2. The zero-order valence-electron chi connectivity index (χ0n) is 18.0. The van der Waals surface area contributed by atoms with Gasteiger partial charge < -0.3 is 5.32 Å². The first-order chi connectivity index (χ1) is 16.8. The number of carbonyl (C=O) groups excluding carboxylic acids is 2. The third-order valence-corrected chi connectivity index (χ3v) is 6.98. The fourth-order valence-electron chi connectivity index (χ4n) is 2.92. The van der Waals surface area contributed by atoms with Crippen molar-refractivity contribution in [2.45, 2.75) is 18.6 Å². The van der Waals surface area contributed by atoms with E-state index in [2.05, 4.69) is 47.0 Å². The summed E-state index contributed by atoms with van der Waals surface area (Å²) >= 11 is 11.9. The molecule has 2 aromatic heterocycles. The van der Waals surface area contributed by atoms with Gasteiger partial charge in [-0.15, -0.1) is 20.4 Å². The van der Waals surface area contributed by atoms with Crippen LogP contribution in [-0.4, -0.2) is 42.5 Å². The first-order valence-corrected chi connectivity index (χ1v) is 12.9. The van der Waals surface area contributed by atoms with Gasteiger partial charge in [-0.25, -0.2) is 4.39 Å². The van der Waals surface area contributed by atoms with Gasteiger partial charge in [-0.1, -0.05) is 50.6 Å². The molecule has 0 aliphatic carbocycles. The second-order valence-corrected chi connectivity index (χ2v) is 10.4. The Bertz CT molecular complexity index is 1380. The van der Waals surface area contributed by atoms with E-state index in [-0.39, 0.29) is 18.2 Å². The first kappa shape index (κ1) is 25.2. The Morgan fingerprint density at radius 2 is 1.91 bits per heavy atom. The normalized spacial score (nSPS) is 10.9. The maximum Gasteiger partial charge on any atom is 0.253 e. The lowest BCUT2D eigenvalue weighted by Crippen LogP contribution is -2.25. The minimum atomic E-state index is -0.401. The molecule has 0 atom stereocenters. The molecule has 2 aromatic carbocycles. The zero-order valence-corrected chi connectivity index (χ0v) is 21.9. The number of thioether (sulfide) groups is 1. The van der Waals surface area contributed by atoms with E-state index >= 15 is 0 Å². The summed E-state index contributed by atoms with van der Waals surface area (Å²) in [4.78, 5) is 25.0. The Hall–Kier alpha value is -2.87. The average molecular weight is 597 g/mol. The van der Waals surface area contributed by atoms with Crippen LogP contribution in [0, 0.1) is 12.7 Å². The molecule has 35 heavy (non-hydrogen) atoms. The molecule has 9 nitrogen and oxygen atoms in total. The largest absolute Gasteiger partial charge is 0.345 e. The Kier molecular flexibility index (Phi) is 8.11. The van der Waals surface area contributed by atoms with E-state index in [1.165, 1.54) is 23.5 Å². The summed E-state index contributed by atoms with van der Waals surface area (Å²) in [6.45, 7) is 1.81. The second-order valence-electron chi connectivity index (χ2n) is 6.98. The lowest BCUT2D eigenvalue weighted by Gasteiger charge is -2.11. The topological polar surface area (TPSA) is 115 Å². The van der Waals surface area contributed by atoms with Gasteiger partial charge in [0.2, 0.25) is 11.0 Å². The number of aromatic nitrogens is 5. The highest BCUT2D eigenvalue weighted by molar-refractivity contribution is 9.10. The van der Waals surface area contributed by atoms with E-state index < -0.39 is 11.7 Å². The van der Waals surface area contributed by atoms with Crippen LogP contribution in [0.2, 0.25) is 5.02 Å². The molecular weight excluding hydrogens is 581 g/mol. The van der Waals surface area contributed by atoms with Crippen molar-refractivity contribution in [2.75, 3.05) is 11.1 Å². The van der Waals surface area contributed by atoms with Crippen LogP contribution < -0.4 is 10.6 Å². The van der Waals surface area contributed by atoms with Crippen molar-refractivity contribution < 1.29 is 14.0 Å². The quantitative estimate of drug-likeness (QED) is 0.285. The summed E-state index contributed by atoms with van der Waals surface area (Å²) in [7, 11) is 0. The van der Waals surface area contributed by atoms with Gasteiger partial charge in [0.15, 0.2) is 11.0 Å². The maximum atomic E-state index is 13.5. The Morgan fingerprint density at radius 1 is 1.14 bits per heavy atom. The molecule has 4 aromatic rings. The van der Waals surface area contributed by atoms with E-state index in [0.29, 0.717) is 36.9 Å². The highest BCUT2D eigenvalue weighted by atomic mass is 79.9. The minimum Gasteiger partial charge on any atom is -0.345 e. The maximum absolute atomic E-state index is 13.5. The number of benzene rings is 2. The summed E-state index contributed by atoms with van der Waals surface area (Å²) in [6.07, 6.45) is 0. The van der Waals surface area contributed by atoms with Crippen molar-refractivity contribution in [1.29, 1.82) is 0 Å². The van der Waals surface area contributed by atoms with Gasteiger partial charge in [0.25, 0.3) is 5.91 Å². The summed E-state index contributed by atoms with van der Waals surface area (Å²) in [5.74, 6) is -0.677. The fraction of sp³-hybridized carbons (Fsp3) is 0.143. The third kappa shape index (κ3) is 6.42. The number of aryl methyl sites for hydroxylation is 1. The zero-order chi connectivity index (χ0) is 24.9. The van der Waals surface area contributed by atoms with Gasteiger partial charge in [-0.2, -0.15) is 0 Å². The Labute approximate surface area is 220 Å². The molecule has 14 heteroatoms. The number of amides is 2. The van der Waals surface area contributed by atoms with E-state index in [4.69, 9.17) is 11.6 Å². The van der Waals surface area contributed by atoms with Gasteiger partial charge in [0, 0.05) is 10.2 Å². The van der Waals surface area contributed by atoms with Gasteiger partial charge in [0.05, 0.1) is 22.9 Å². The number of halogens is 3. The van der Waals surface area contributed by atoms with Crippen molar-refractivity contribution in [3.8, 4) is 5.69 Å². The Morgan fingerprint density at radius 3 is 2.63 bits per heavy atom. The number of hydrogen-bond donors (Lipinski definition) is 2. The molecule has 0 saturated carbocycles. The van der Waals surface area contributed by atoms with Gasteiger partial charge in [-0.05, 0) is 49.4 Å². The average Bonchev–Trinajstić information content (AvgIpc) is 3.43. The lowest BCUT2D eigenvalue weighted by molar-refractivity contribution is -0.113. The molecule has 0 saturated heterocycles. The summed E-state index contributed by atoms with van der Waals surface area (Å²) in [5.41, 5.74) is 0.871. The van der Waals surface area contributed by atoms with Crippen molar-refractivity contribution in [2.24, 2.45) is 0 Å². The Balaban J connectivity index is 1.52. The summed E-state index contributed by atoms with van der Waals surface area (Å²) in [6, 6.07) is 10.7. The molecular formula is C21H16BrClFN7O2S2. The predicted octanol–water partition coefficient (Wildman–Crippen LogP) is 4.64. The first-order valence-electron chi connectivity index (χ1n) is 9.96. The van der Waals surface area contributed by atoms with Crippen LogP contribution in [0.5, 0.6) is 0 Å². The fourth-order valence-corrected chi connectivity index (χ4v) is 4.86. The smallest absolute Gasteiger partial charge is 0.253 e. The van der Waals surface area contributed by atoms with E-state index in [1.54, 1.807) is 41.8 Å².